The minimum Gasteiger partial charge on any atom is -0.481 e. The van der Waals surface area contributed by atoms with Crippen molar-refractivity contribution in [2.45, 2.75) is 12.5 Å². The second-order valence-corrected chi connectivity index (χ2v) is 1.75. The van der Waals surface area contributed by atoms with Gasteiger partial charge in [-0.3, -0.25) is 9.59 Å². The first-order chi connectivity index (χ1) is 4.57. The van der Waals surface area contributed by atoms with Crippen molar-refractivity contribution < 1.29 is 14.7 Å². The van der Waals surface area contributed by atoms with Crippen LogP contribution in [0.2, 0.25) is 0 Å². The van der Waals surface area contributed by atoms with Crippen molar-refractivity contribution in [2.75, 3.05) is 0 Å². The average molecular weight is 145 g/mol. The van der Waals surface area contributed by atoms with E-state index in [0.717, 1.165) is 0 Å². The molecule has 1 radical (unpaired) electrons. The van der Waals surface area contributed by atoms with Crippen LogP contribution in [-0.4, -0.2) is 23.0 Å². The van der Waals surface area contributed by atoms with Crippen LogP contribution in [0.4, 0.5) is 0 Å². The van der Waals surface area contributed by atoms with Crippen LogP contribution in [0.1, 0.15) is 6.42 Å². The lowest BCUT2D eigenvalue weighted by atomic mass is 10.2. The lowest BCUT2D eigenvalue weighted by Gasteiger charge is -2.04. The second-order valence-electron chi connectivity index (χ2n) is 1.75. The lowest BCUT2D eigenvalue weighted by molar-refractivity contribution is -0.139. The van der Waals surface area contributed by atoms with Crippen LogP contribution in [0, 0.1) is 7.05 Å². The molecule has 57 valence electrons. The number of carboxylic acids is 1. The number of hydrogen-bond acceptors (Lipinski definition) is 3. The summed E-state index contributed by atoms with van der Waals surface area (Å²) in [7, 11) is 3.04. The molecule has 0 unspecified atom stereocenters. The van der Waals surface area contributed by atoms with Gasteiger partial charge in [-0.2, -0.15) is 0 Å². The van der Waals surface area contributed by atoms with Crippen molar-refractivity contribution in [2.24, 2.45) is 5.73 Å². The third-order valence-corrected chi connectivity index (χ3v) is 0.906. The summed E-state index contributed by atoms with van der Waals surface area (Å²) in [5.74, 6) is -1.67. The van der Waals surface area contributed by atoms with E-state index >= 15 is 0 Å². The van der Waals surface area contributed by atoms with E-state index in [4.69, 9.17) is 10.8 Å². The zero-order chi connectivity index (χ0) is 8.15. The van der Waals surface area contributed by atoms with E-state index < -0.39 is 17.9 Å². The van der Waals surface area contributed by atoms with Crippen molar-refractivity contribution in [3.8, 4) is 0 Å². The Balaban J connectivity index is 3.72. The van der Waals surface area contributed by atoms with Crippen molar-refractivity contribution in [3.05, 3.63) is 7.05 Å². The Bertz CT molecular complexity index is 146. The third-order valence-electron chi connectivity index (χ3n) is 0.906. The number of rotatable bonds is 3. The molecule has 5 heteroatoms. The molecule has 0 saturated heterocycles. The van der Waals surface area contributed by atoms with E-state index in [2.05, 4.69) is 7.05 Å². The van der Waals surface area contributed by atoms with Crippen LogP contribution in [0.25, 0.3) is 0 Å². The fourth-order valence-electron chi connectivity index (χ4n) is 0.412. The zero-order valence-corrected chi connectivity index (χ0v) is 5.33. The monoisotopic (exact) mass is 145 g/mol. The maximum atomic E-state index is 10.5. The van der Waals surface area contributed by atoms with Crippen molar-refractivity contribution in [3.63, 3.8) is 0 Å². The maximum absolute atomic E-state index is 10.5. The molecule has 0 spiro atoms. The molecular formula is C5H9N2O3. The summed E-state index contributed by atoms with van der Waals surface area (Å²) >= 11 is 0. The molecule has 0 aliphatic heterocycles. The van der Waals surface area contributed by atoms with E-state index in [1.165, 1.54) is 0 Å². The van der Waals surface area contributed by atoms with Crippen LogP contribution < -0.4 is 11.1 Å². The van der Waals surface area contributed by atoms with Gasteiger partial charge >= 0.3 is 5.97 Å². The number of nitrogens with one attached hydrogen (secondary N) is 1. The summed E-state index contributed by atoms with van der Waals surface area (Å²) in [6, 6.07) is -1.00. The van der Waals surface area contributed by atoms with E-state index in [0.29, 0.717) is 0 Å². The van der Waals surface area contributed by atoms with Gasteiger partial charge in [0.15, 0.2) is 0 Å². The first kappa shape index (κ1) is 8.90. The largest absolute Gasteiger partial charge is 0.481 e. The van der Waals surface area contributed by atoms with E-state index in [9.17, 15) is 9.59 Å². The van der Waals surface area contributed by atoms with Crippen molar-refractivity contribution >= 4 is 11.9 Å². The van der Waals surface area contributed by atoms with Gasteiger partial charge in [-0.05, 0) is 0 Å². The van der Waals surface area contributed by atoms with Gasteiger partial charge in [-0.25, -0.2) is 0 Å². The van der Waals surface area contributed by atoms with Crippen LogP contribution in [0.3, 0.4) is 0 Å². The summed E-state index contributed by atoms with van der Waals surface area (Å²) in [5, 5.41) is 10.1. The molecule has 10 heavy (non-hydrogen) atoms. The normalized spacial score (nSPS) is 12.2. The van der Waals surface area contributed by atoms with E-state index in [1.54, 1.807) is 0 Å². The van der Waals surface area contributed by atoms with Gasteiger partial charge in [0.2, 0.25) is 5.91 Å². The molecule has 0 aromatic rings. The Labute approximate surface area is 58.2 Å². The van der Waals surface area contributed by atoms with Gasteiger partial charge in [-0.1, -0.05) is 0 Å². The fourth-order valence-corrected chi connectivity index (χ4v) is 0.412. The molecular weight excluding hydrogens is 136 g/mol. The predicted octanol–water partition coefficient (Wildman–Crippen LogP) is -1.30. The molecule has 4 N–H and O–H groups in total. The topological polar surface area (TPSA) is 92.4 Å². The number of carbonyl (C=O) groups excluding carboxylic acids is 1. The molecule has 1 atom stereocenters. The highest BCUT2D eigenvalue weighted by atomic mass is 16.4. The highest BCUT2D eigenvalue weighted by Gasteiger charge is 2.14. The van der Waals surface area contributed by atoms with Crippen LogP contribution in [-0.2, 0) is 9.59 Å². The molecule has 0 aliphatic rings. The van der Waals surface area contributed by atoms with Gasteiger partial charge in [0.25, 0.3) is 0 Å². The molecule has 0 bridgehead atoms. The van der Waals surface area contributed by atoms with Crippen LogP contribution in [0.15, 0.2) is 0 Å². The van der Waals surface area contributed by atoms with Gasteiger partial charge in [0.05, 0.1) is 12.5 Å². The molecule has 0 aliphatic carbocycles. The molecule has 1 amide bonds. The number of carbonyl (C=O) groups is 2. The number of aliphatic carboxylic acids is 1. The van der Waals surface area contributed by atoms with Crippen LogP contribution in [0.5, 0.6) is 0 Å². The van der Waals surface area contributed by atoms with Gasteiger partial charge < -0.3 is 16.2 Å². The van der Waals surface area contributed by atoms with Gasteiger partial charge in [0.1, 0.15) is 0 Å². The molecule has 0 aromatic carbocycles. The quantitative estimate of drug-likeness (QED) is 0.460. The Morgan fingerprint density at radius 3 is 2.50 bits per heavy atom. The Hall–Kier alpha value is -1.10. The van der Waals surface area contributed by atoms with E-state index in [-0.39, 0.29) is 6.42 Å². The number of amides is 1. The third kappa shape index (κ3) is 3.03. The lowest BCUT2D eigenvalue weighted by Crippen LogP contribution is -2.39. The minimum absolute atomic E-state index is 0.374. The standard InChI is InChI=1S/C5H9N2O3/c1-7-5(10)3(6)2-4(8)9/h3H,1-2,6H2,(H,7,10)(H,8,9)/t3-/m0/s1. The SMILES string of the molecule is [CH2]NC(=O)[C@@H](N)CC(=O)O. The summed E-state index contributed by atoms with van der Waals surface area (Å²) < 4.78 is 0. The predicted molar refractivity (Wildman–Crippen MR) is 33.7 cm³/mol. The summed E-state index contributed by atoms with van der Waals surface area (Å²) in [6.07, 6.45) is -0.374. The summed E-state index contributed by atoms with van der Waals surface area (Å²) in [5.41, 5.74) is 5.10. The van der Waals surface area contributed by atoms with E-state index in [1.807, 2.05) is 5.32 Å². The zero-order valence-electron chi connectivity index (χ0n) is 5.33. The summed E-state index contributed by atoms with van der Waals surface area (Å²) in [4.78, 5) is 20.4. The molecule has 0 rings (SSSR count). The number of carboxylic acid groups (broad SMARTS) is 1. The van der Waals surface area contributed by atoms with Gasteiger partial charge in [0, 0.05) is 7.05 Å². The highest BCUT2D eigenvalue weighted by molar-refractivity contribution is 5.85. The molecule has 0 heterocycles. The molecule has 0 fully saturated rings. The van der Waals surface area contributed by atoms with Crippen molar-refractivity contribution in [1.29, 1.82) is 0 Å². The smallest absolute Gasteiger partial charge is 0.305 e. The second kappa shape index (κ2) is 3.84. The van der Waals surface area contributed by atoms with Crippen molar-refractivity contribution in [1.82, 2.24) is 5.32 Å². The Kier molecular flexibility index (Phi) is 3.42. The van der Waals surface area contributed by atoms with Gasteiger partial charge in [-0.15, -0.1) is 0 Å². The summed E-state index contributed by atoms with van der Waals surface area (Å²) in [6.45, 7) is 0. The first-order valence-corrected chi connectivity index (χ1v) is 2.62. The first-order valence-electron chi connectivity index (χ1n) is 2.62. The number of hydrogen-bond donors (Lipinski definition) is 3. The Morgan fingerprint density at radius 2 is 2.20 bits per heavy atom. The maximum Gasteiger partial charge on any atom is 0.305 e. The average Bonchev–Trinajstić information content (AvgIpc) is 1.85. The Morgan fingerprint density at radius 1 is 1.70 bits per heavy atom. The highest BCUT2D eigenvalue weighted by Crippen LogP contribution is 1.86. The molecule has 0 aromatic heterocycles. The minimum atomic E-state index is -1.10. The fraction of sp³-hybridized carbons (Fsp3) is 0.400. The van der Waals surface area contributed by atoms with Crippen LogP contribution >= 0.6 is 0 Å². The molecule has 5 nitrogen and oxygen atoms in total. The molecule has 0 saturated carbocycles. The number of nitrogens with two attached hydrogens (primary N) is 1.